The van der Waals surface area contributed by atoms with E-state index in [9.17, 15) is 0 Å². The van der Waals surface area contributed by atoms with Crippen molar-refractivity contribution < 1.29 is 4.74 Å². The van der Waals surface area contributed by atoms with Gasteiger partial charge in [-0.3, -0.25) is 0 Å². The van der Waals surface area contributed by atoms with E-state index in [4.69, 9.17) is 10.5 Å². The van der Waals surface area contributed by atoms with Gasteiger partial charge in [-0.15, -0.1) is 0 Å². The first kappa shape index (κ1) is 14.4. The number of ether oxygens (including phenoxy) is 1. The zero-order chi connectivity index (χ0) is 14.1. The lowest BCUT2D eigenvalue weighted by Gasteiger charge is -2.28. The summed E-state index contributed by atoms with van der Waals surface area (Å²) >= 11 is 0. The monoisotopic (exact) mass is 262 g/mol. The number of hydrogen-bond acceptors (Lipinski definition) is 3. The van der Waals surface area contributed by atoms with E-state index in [0.29, 0.717) is 0 Å². The third-order valence-corrected chi connectivity index (χ3v) is 3.62. The molecule has 0 fully saturated rings. The Labute approximate surface area is 116 Å². The average Bonchev–Trinajstić information content (AvgIpc) is 2.73. The number of fused-ring (bicyclic) bond motifs is 1. The minimum Gasteiger partial charge on any atom is -0.493 e. The lowest BCUT2D eigenvalue weighted by Crippen LogP contribution is -2.46. The van der Waals surface area contributed by atoms with Crippen LogP contribution >= 0.6 is 0 Å². The van der Waals surface area contributed by atoms with Crippen LogP contribution in [0.2, 0.25) is 0 Å². The third kappa shape index (κ3) is 3.71. The summed E-state index contributed by atoms with van der Waals surface area (Å²) in [5.41, 5.74) is 8.63. The summed E-state index contributed by atoms with van der Waals surface area (Å²) in [6, 6.07) is 6.57. The Morgan fingerprint density at radius 2 is 1.95 bits per heavy atom. The molecule has 3 heteroatoms. The molecule has 1 aliphatic rings. The maximum Gasteiger partial charge on any atom is 0.122 e. The first-order valence-electron chi connectivity index (χ1n) is 7.04. The summed E-state index contributed by atoms with van der Waals surface area (Å²) in [5, 5.41) is 3.48. The van der Waals surface area contributed by atoms with Crippen LogP contribution in [0.5, 0.6) is 5.75 Å². The maximum absolute atomic E-state index is 6.00. The molecule has 0 unspecified atom stereocenters. The van der Waals surface area contributed by atoms with Crippen LogP contribution in [0.25, 0.3) is 0 Å². The van der Waals surface area contributed by atoms with Gasteiger partial charge in [-0.25, -0.2) is 0 Å². The minimum atomic E-state index is -0.165. The Bertz CT molecular complexity index is 447. The standard InChI is InChI=1S/C16H26N2O/c1-15(2,10-18-11-16(3,4)17)13-5-6-14-12(9-13)7-8-19-14/h5-6,9,18H,7-8,10-11,17H2,1-4H3. The fourth-order valence-corrected chi connectivity index (χ4v) is 2.41. The highest BCUT2D eigenvalue weighted by Crippen LogP contribution is 2.31. The fraction of sp³-hybridized carbons (Fsp3) is 0.625. The molecule has 1 aromatic carbocycles. The largest absolute Gasteiger partial charge is 0.493 e. The summed E-state index contributed by atoms with van der Waals surface area (Å²) in [7, 11) is 0. The molecule has 1 aliphatic heterocycles. The summed E-state index contributed by atoms with van der Waals surface area (Å²) in [4.78, 5) is 0. The molecule has 0 amide bonds. The third-order valence-electron chi connectivity index (χ3n) is 3.62. The number of rotatable bonds is 5. The summed E-state index contributed by atoms with van der Waals surface area (Å²) in [5.74, 6) is 1.05. The lowest BCUT2D eigenvalue weighted by molar-refractivity contribution is 0.356. The van der Waals surface area contributed by atoms with Crippen molar-refractivity contribution >= 4 is 0 Å². The Morgan fingerprint density at radius 3 is 2.63 bits per heavy atom. The maximum atomic E-state index is 6.00. The highest BCUT2D eigenvalue weighted by molar-refractivity contribution is 5.42. The van der Waals surface area contributed by atoms with Crippen LogP contribution in [0.1, 0.15) is 38.8 Å². The second-order valence-electron chi connectivity index (χ2n) is 6.90. The highest BCUT2D eigenvalue weighted by Gasteiger charge is 2.23. The molecule has 0 aliphatic carbocycles. The van der Waals surface area contributed by atoms with Crippen molar-refractivity contribution in [2.24, 2.45) is 5.73 Å². The minimum absolute atomic E-state index is 0.100. The van der Waals surface area contributed by atoms with E-state index in [0.717, 1.165) is 31.9 Å². The van der Waals surface area contributed by atoms with Crippen LogP contribution in [0.3, 0.4) is 0 Å². The first-order valence-corrected chi connectivity index (χ1v) is 7.04. The molecule has 19 heavy (non-hydrogen) atoms. The molecule has 1 aromatic rings. The van der Waals surface area contributed by atoms with Gasteiger partial charge in [0.05, 0.1) is 6.61 Å². The summed E-state index contributed by atoms with van der Waals surface area (Å²) in [6.45, 7) is 11.2. The van der Waals surface area contributed by atoms with E-state index in [1.807, 2.05) is 13.8 Å². The van der Waals surface area contributed by atoms with E-state index in [1.165, 1.54) is 11.1 Å². The zero-order valence-electron chi connectivity index (χ0n) is 12.5. The molecular weight excluding hydrogens is 236 g/mol. The van der Waals surface area contributed by atoms with Crippen LogP contribution in [0.15, 0.2) is 18.2 Å². The Hall–Kier alpha value is -1.06. The van der Waals surface area contributed by atoms with Crippen molar-refractivity contribution in [1.29, 1.82) is 0 Å². The smallest absolute Gasteiger partial charge is 0.122 e. The molecule has 0 aromatic heterocycles. The van der Waals surface area contributed by atoms with Gasteiger partial charge in [-0.05, 0) is 31.0 Å². The molecule has 0 radical (unpaired) electrons. The number of nitrogens with two attached hydrogens (primary N) is 1. The lowest BCUT2D eigenvalue weighted by atomic mass is 9.83. The quantitative estimate of drug-likeness (QED) is 0.855. The molecule has 0 spiro atoms. The number of hydrogen-bond donors (Lipinski definition) is 2. The van der Waals surface area contributed by atoms with E-state index >= 15 is 0 Å². The van der Waals surface area contributed by atoms with Crippen molar-refractivity contribution in [3.05, 3.63) is 29.3 Å². The normalized spacial score (nSPS) is 15.2. The van der Waals surface area contributed by atoms with Crippen LogP contribution in [-0.2, 0) is 11.8 Å². The number of benzene rings is 1. The van der Waals surface area contributed by atoms with Crippen LogP contribution in [0, 0.1) is 0 Å². The van der Waals surface area contributed by atoms with Gasteiger partial charge in [0.15, 0.2) is 0 Å². The molecule has 0 bridgehead atoms. The SMILES string of the molecule is CC(C)(N)CNCC(C)(C)c1ccc2c(c1)CCO2. The van der Waals surface area contributed by atoms with Crippen molar-refractivity contribution in [2.75, 3.05) is 19.7 Å². The molecule has 0 saturated heterocycles. The predicted octanol–water partition coefficient (Wildman–Crippen LogP) is 2.23. The Balaban J connectivity index is 2.03. The molecule has 1 heterocycles. The molecule has 0 saturated carbocycles. The van der Waals surface area contributed by atoms with E-state index in [2.05, 4.69) is 37.4 Å². The van der Waals surface area contributed by atoms with Crippen LogP contribution in [0.4, 0.5) is 0 Å². The first-order chi connectivity index (χ1) is 8.78. The topological polar surface area (TPSA) is 47.3 Å². The number of nitrogens with one attached hydrogen (secondary N) is 1. The molecule has 3 nitrogen and oxygen atoms in total. The summed E-state index contributed by atoms with van der Waals surface area (Å²) in [6.07, 6.45) is 1.03. The van der Waals surface area contributed by atoms with Gasteiger partial charge >= 0.3 is 0 Å². The van der Waals surface area contributed by atoms with Gasteiger partial charge in [-0.2, -0.15) is 0 Å². The van der Waals surface area contributed by atoms with Gasteiger partial charge in [0.2, 0.25) is 0 Å². The van der Waals surface area contributed by atoms with E-state index in [1.54, 1.807) is 0 Å². The molecule has 2 rings (SSSR count). The average molecular weight is 262 g/mol. The van der Waals surface area contributed by atoms with Crippen molar-refractivity contribution in [2.45, 2.75) is 45.1 Å². The van der Waals surface area contributed by atoms with E-state index in [-0.39, 0.29) is 11.0 Å². The van der Waals surface area contributed by atoms with Crippen molar-refractivity contribution in [3.8, 4) is 5.75 Å². The van der Waals surface area contributed by atoms with Gasteiger partial charge in [0.1, 0.15) is 5.75 Å². The Morgan fingerprint density at radius 1 is 1.21 bits per heavy atom. The van der Waals surface area contributed by atoms with Gasteiger partial charge in [0.25, 0.3) is 0 Å². The predicted molar refractivity (Wildman–Crippen MR) is 79.8 cm³/mol. The van der Waals surface area contributed by atoms with Gasteiger partial charge in [0, 0.05) is 30.5 Å². The molecule has 0 atom stereocenters. The molecule has 106 valence electrons. The molecule has 3 N–H and O–H groups in total. The van der Waals surface area contributed by atoms with Crippen LogP contribution < -0.4 is 15.8 Å². The van der Waals surface area contributed by atoms with Crippen molar-refractivity contribution in [3.63, 3.8) is 0 Å². The zero-order valence-corrected chi connectivity index (χ0v) is 12.5. The Kier molecular flexibility index (Phi) is 3.88. The van der Waals surface area contributed by atoms with E-state index < -0.39 is 0 Å². The second-order valence-corrected chi connectivity index (χ2v) is 6.90. The van der Waals surface area contributed by atoms with Crippen LogP contribution in [-0.4, -0.2) is 25.2 Å². The summed E-state index contributed by atoms with van der Waals surface area (Å²) < 4.78 is 5.56. The molecular formula is C16H26N2O. The second kappa shape index (κ2) is 5.14. The fourth-order valence-electron chi connectivity index (χ4n) is 2.41. The highest BCUT2D eigenvalue weighted by atomic mass is 16.5. The van der Waals surface area contributed by atoms with Crippen molar-refractivity contribution in [1.82, 2.24) is 5.32 Å². The van der Waals surface area contributed by atoms with Gasteiger partial charge in [-0.1, -0.05) is 26.0 Å². The van der Waals surface area contributed by atoms with Gasteiger partial charge < -0.3 is 15.8 Å².